The number of amides is 1. The number of hydrogen-bond acceptors (Lipinski definition) is 3. The summed E-state index contributed by atoms with van der Waals surface area (Å²) in [6.07, 6.45) is -0.382. The van der Waals surface area contributed by atoms with Crippen LogP contribution in [0.25, 0.3) is 0 Å². The maximum Gasteiger partial charge on any atom is 0.407 e. The minimum absolute atomic E-state index is 0.0831. The molecule has 0 bridgehead atoms. The van der Waals surface area contributed by atoms with Gasteiger partial charge in [0.15, 0.2) is 5.78 Å². The van der Waals surface area contributed by atoms with Crippen LogP contribution in [0, 0.1) is 0 Å². The van der Waals surface area contributed by atoms with Crippen molar-refractivity contribution in [3.63, 3.8) is 0 Å². The summed E-state index contributed by atoms with van der Waals surface area (Å²) in [5.74, 6) is -0.0831. The Kier molecular flexibility index (Phi) is 5.11. The smallest absolute Gasteiger partial charge is 0.407 e. The molecule has 1 rings (SSSR count). The van der Waals surface area contributed by atoms with E-state index in [0.29, 0.717) is 5.57 Å². The van der Waals surface area contributed by atoms with Gasteiger partial charge < -0.3 is 10.1 Å². The minimum Gasteiger partial charge on any atom is -0.453 e. The number of Topliss-reactive ketones (excluding diaryl/α,β-unsaturated/α-hetero) is 1. The van der Waals surface area contributed by atoms with Gasteiger partial charge >= 0.3 is 6.09 Å². The molecule has 0 aliphatic heterocycles. The Bertz CT molecular complexity index is 440. The topological polar surface area (TPSA) is 55.4 Å². The molecule has 1 aromatic carbocycles. The number of rotatable bonds is 5. The van der Waals surface area contributed by atoms with Crippen molar-refractivity contribution in [2.24, 2.45) is 0 Å². The first-order valence-corrected chi connectivity index (χ1v) is 5.62. The van der Waals surface area contributed by atoms with Gasteiger partial charge in [-0.3, -0.25) is 4.79 Å². The molecule has 0 radical (unpaired) electrons. The van der Waals surface area contributed by atoms with E-state index >= 15 is 0 Å². The van der Waals surface area contributed by atoms with Crippen molar-refractivity contribution >= 4 is 11.9 Å². The number of allylic oxidation sites excluding steroid dienone is 1. The fourth-order valence-corrected chi connectivity index (χ4v) is 1.50. The van der Waals surface area contributed by atoms with Gasteiger partial charge in [0.2, 0.25) is 0 Å². The van der Waals surface area contributed by atoms with Crippen molar-refractivity contribution in [2.45, 2.75) is 19.4 Å². The summed E-state index contributed by atoms with van der Waals surface area (Å²) in [7, 11) is 1.29. The number of ether oxygens (including phenoxy) is 1. The highest BCUT2D eigenvalue weighted by atomic mass is 16.5. The molecule has 0 saturated carbocycles. The number of ketones is 1. The average molecular weight is 247 g/mol. The zero-order valence-corrected chi connectivity index (χ0v) is 10.6. The Morgan fingerprint density at radius 2 is 1.94 bits per heavy atom. The number of nitrogens with one attached hydrogen (secondary N) is 1. The number of hydrogen-bond donors (Lipinski definition) is 1. The number of methoxy groups -OCH3 is 1. The largest absolute Gasteiger partial charge is 0.453 e. The first-order chi connectivity index (χ1) is 8.54. The molecule has 1 aromatic rings. The number of benzene rings is 1. The fraction of sp³-hybridized carbons (Fsp3) is 0.286. The lowest BCUT2D eigenvalue weighted by atomic mass is 9.99. The summed E-state index contributed by atoms with van der Waals surface area (Å²) < 4.78 is 4.56. The van der Waals surface area contributed by atoms with E-state index in [1.54, 1.807) is 6.92 Å². The molecule has 96 valence electrons. The highest BCUT2D eigenvalue weighted by molar-refractivity contribution is 5.94. The Labute approximate surface area is 107 Å². The Balaban J connectivity index is 2.85. The van der Waals surface area contributed by atoms with Crippen LogP contribution >= 0.6 is 0 Å². The molecule has 0 heterocycles. The molecule has 1 amide bonds. The van der Waals surface area contributed by atoms with Gasteiger partial charge in [-0.1, -0.05) is 36.9 Å². The van der Waals surface area contributed by atoms with E-state index in [4.69, 9.17) is 0 Å². The Morgan fingerprint density at radius 1 is 1.33 bits per heavy atom. The van der Waals surface area contributed by atoms with Gasteiger partial charge in [0, 0.05) is 6.42 Å². The molecule has 0 spiro atoms. The van der Waals surface area contributed by atoms with Crippen molar-refractivity contribution in [2.75, 3.05) is 7.11 Å². The van der Waals surface area contributed by atoms with Gasteiger partial charge in [-0.05, 0) is 18.1 Å². The first kappa shape index (κ1) is 14.0. The molecule has 18 heavy (non-hydrogen) atoms. The summed E-state index contributed by atoms with van der Waals surface area (Å²) in [6.45, 7) is 5.26. The lowest BCUT2D eigenvalue weighted by Gasteiger charge is -2.17. The lowest BCUT2D eigenvalue weighted by Crippen LogP contribution is -2.30. The van der Waals surface area contributed by atoms with Gasteiger partial charge in [0.25, 0.3) is 0 Å². The normalized spacial score (nSPS) is 11.4. The molecular formula is C14H17NO3. The van der Waals surface area contributed by atoms with Gasteiger partial charge in [0.1, 0.15) is 0 Å². The fourth-order valence-electron chi connectivity index (χ4n) is 1.50. The van der Waals surface area contributed by atoms with Crippen molar-refractivity contribution in [3.05, 3.63) is 48.0 Å². The molecule has 0 aliphatic carbocycles. The van der Waals surface area contributed by atoms with Crippen LogP contribution in [0.5, 0.6) is 0 Å². The first-order valence-electron chi connectivity index (χ1n) is 5.62. The van der Waals surface area contributed by atoms with Gasteiger partial charge in [0.05, 0.1) is 13.2 Å². The predicted octanol–water partition coefficient (Wildman–Crippen LogP) is 2.62. The van der Waals surface area contributed by atoms with Crippen LogP contribution in [-0.4, -0.2) is 19.0 Å². The van der Waals surface area contributed by atoms with Crippen LogP contribution in [0.1, 0.15) is 24.9 Å². The molecule has 1 atom stereocenters. The Hall–Kier alpha value is -2.10. The third-order valence-electron chi connectivity index (χ3n) is 2.54. The van der Waals surface area contributed by atoms with Gasteiger partial charge in [-0.2, -0.15) is 0 Å². The predicted molar refractivity (Wildman–Crippen MR) is 69.2 cm³/mol. The number of carbonyl (C=O) groups is 2. The van der Waals surface area contributed by atoms with E-state index < -0.39 is 12.1 Å². The molecular weight excluding hydrogens is 230 g/mol. The molecule has 1 N–H and O–H groups in total. The SMILES string of the molecule is C=C(C)C(=O)CC(NC(=O)OC)c1ccccc1. The van der Waals surface area contributed by atoms with E-state index in [1.165, 1.54) is 7.11 Å². The zero-order valence-electron chi connectivity index (χ0n) is 10.6. The maximum absolute atomic E-state index is 11.7. The highest BCUT2D eigenvalue weighted by Crippen LogP contribution is 2.18. The van der Waals surface area contributed by atoms with Gasteiger partial charge in [-0.15, -0.1) is 0 Å². The minimum atomic E-state index is -0.557. The second-order valence-corrected chi connectivity index (χ2v) is 4.01. The highest BCUT2D eigenvalue weighted by Gasteiger charge is 2.18. The van der Waals surface area contributed by atoms with E-state index in [9.17, 15) is 9.59 Å². The average Bonchev–Trinajstić information content (AvgIpc) is 2.38. The van der Waals surface area contributed by atoms with Gasteiger partial charge in [-0.25, -0.2) is 4.79 Å². The van der Waals surface area contributed by atoms with E-state index in [1.807, 2.05) is 30.3 Å². The zero-order chi connectivity index (χ0) is 13.5. The number of carbonyl (C=O) groups excluding carboxylic acids is 2. The van der Waals surface area contributed by atoms with Crippen molar-refractivity contribution < 1.29 is 14.3 Å². The molecule has 4 heteroatoms. The lowest BCUT2D eigenvalue weighted by molar-refractivity contribution is -0.116. The molecule has 4 nitrogen and oxygen atoms in total. The quantitative estimate of drug-likeness (QED) is 0.814. The van der Waals surface area contributed by atoms with Crippen LogP contribution < -0.4 is 5.32 Å². The Morgan fingerprint density at radius 3 is 2.44 bits per heavy atom. The van der Waals surface area contributed by atoms with Crippen molar-refractivity contribution in [3.8, 4) is 0 Å². The summed E-state index contributed by atoms with van der Waals surface area (Å²) in [5, 5.41) is 2.65. The monoisotopic (exact) mass is 247 g/mol. The number of alkyl carbamates (subject to hydrolysis) is 1. The maximum atomic E-state index is 11.7. The van der Waals surface area contributed by atoms with Crippen LogP contribution in [0.3, 0.4) is 0 Å². The second kappa shape index (κ2) is 6.59. The third kappa shape index (κ3) is 4.05. The van der Waals surface area contributed by atoms with Crippen LogP contribution in [0.15, 0.2) is 42.5 Å². The van der Waals surface area contributed by atoms with E-state index in [0.717, 1.165) is 5.56 Å². The second-order valence-electron chi connectivity index (χ2n) is 4.01. The van der Waals surface area contributed by atoms with E-state index in [2.05, 4.69) is 16.6 Å². The van der Waals surface area contributed by atoms with Crippen molar-refractivity contribution in [1.29, 1.82) is 0 Å². The van der Waals surface area contributed by atoms with Crippen LogP contribution in [0.2, 0.25) is 0 Å². The van der Waals surface area contributed by atoms with Crippen LogP contribution in [-0.2, 0) is 9.53 Å². The summed E-state index contributed by atoms with van der Waals surface area (Å²) in [4.78, 5) is 23.0. The molecule has 1 unspecified atom stereocenters. The standard InChI is InChI=1S/C14H17NO3/c1-10(2)13(16)9-12(15-14(17)18-3)11-7-5-4-6-8-11/h4-8,12H,1,9H2,2-3H3,(H,15,17). The van der Waals surface area contributed by atoms with E-state index in [-0.39, 0.29) is 12.2 Å². The third-order valence-corrected chi connectivity index (χ3v) is 2.54. The molecule has 0 aliphatic rings. The summed E-state index contributed by atoms with van der Waals surface area (Å²) in [5.41, 5.74) is 1.33. The molecule has 0 aromatic heterocycles. The molecule has 0 saturated heterocycles. The van der Waals surface area contributed by atoms with Crippen molar-refractivity contribution in [1.82, 2.24) is 5.32 Å². The van der Waals surface area contributed by atoms with Crippen LogP contribution in [0.4, 0.5) is 4.79 Å². The molecule has 0 fully saturated rings. The summed E-state index contributed by atoms with van der Waals surface area (Å²) in [6, 6.07) is 8.89. The summed E-state index contributed by atoms with van der Waals surface area (Å²) >= 11 is 0.